The lowest BCUT2D eigenvalue weighted by molar-refractivity contribution is -0.117. The van der Waals surface area contributed by atoms with E-state index < -0.39 is 5.91 Å². The first-order valence-corrected chi connectivity index (χ1v) is 8.62. The highest BCUT2D eigenvalue weighted by Crippen LogP contribution is 2.28. The number of hydrogen-bond donors (Lipinski definition) is 1. The van der Waals surface area contributed by atoms with E-state index in [1.165, 1.54) is 31.6 Å². The third-order valence-corrected chi connectivity index (χ3v) is 4.51. The Morgan fingerprint density at radius 2 is 2.04 bits per heavy atom. The zero-order valence-corrected chi connectivity index (χ0v) is 15.1. The maximum Gasteiger partial charge on any atom is 0.267 e. The molecule has 0 aliphatic rings. The van der Waals surface area contributed by atoms with Gasteiger partial charge in [0, 0.05) is 12.1 Å². The fourth-order valence-corrected chi connectivity index (χ4v) is 3.05. The largest absolute Gasteiger partial charge is 0.497 e. The minimum absolute atomic E-state index is 0.210. The molecular formula is C18H17N3O4S. The molecule has 0 radical (unpaired) electrons. The molecule has 8 heteroatoms. The Balaban J connectivity index is 1.81. The van der Waals surface area contributed by atoms with Gasteiger partial charge in [-0.15, -0.1) is 11.3 Å². The van der Waals surface area contributed by atoms with Crippen LogP contribution < -0.4 is 20.3 Å². The van der Waals surface area contributed by atoms with E-state index in [1.54, 1.807) is 24.3 Å². The van der Waals surface area contributed by atoms with Gasteiger partial charge in [0.1, 0.15) is 23.7 Å². The first-order valence-electron chi connectivity index (χ1n) is 7.74. The summed E-state index contributed by atoms with van der Waals surface area (Å²) < 4.78 is 11.5. The molecule has 2 aromatic heterocycles. The van der Waals surface area contributed by atoms with Gasteiger partial charge < -0.3 is 14.8 Å². The Morgan fingerprint density at radius 1 is 1.19 bits per heavy atom. The van der Waals surface area contributed by atoms with E-state index in [2.05, 4.69) is 10.4 Å². The lowest BCUT2D eigenvalue weighted by Crippen LogP contribution is -2.29. The van der Waals surface area contributed by atoms with Crippen LogP contribution in [0.2, 0.25) is 0 Å². The van der Waals surface area contributed by atoms with Crippen LogP contribution in [0.4, 0.5) is 5.69 Å². The van der Waals surface area contributed by atoms with Crippen molar-refractivity contribution >= 4 is 22.9 Å². The average molecular weight is 371 g/mol. The number of nitrogens with one attached hydrogen (secondary N) is 1. The molecule has 7 nitrogen and oxygen atoms in total. The Bertz CT molecular complexity index is 967. The molecule has 0 saturated heterocycles. The number of aromatic nitrogens is 2. The van der Waals surface area contributed by atoms with Gasteiger partial charge in [-0.3, -0.25) is 9.59 Å². The van der Waals surface area contributed by atoms with Gasteiger partial charge in [-0.25, -0.2) is 4.68 Å². The average Bonchev–Trinajstić information content (AvgIpc) is 3.18. The molecule has 0 aliphatic carbocycles. The molecule has 134 valence electrons. The lowest BCUT2D eigenvalue weighted by Gasteiger charge is -2.12. The second kappa shape index (κ2) is 7.83. The quantitative estimate of drug-likeness (QED) is 0.720. The second-order valence-electron chi connectivity index (χ2n) is 5.31. The summed E-state index contributed by atoms with van der Waals surface area (Å²) in [6.07, 6.45) is 0. The van der Waals surface area contributed by atoms with E-state index in [9.17, 15) is 9.59 Å². The Kier molecular flexibility index (Phi) is 5.33. The predicted molar refractivity (Wildman–Crippen MR) is 100.0 cm³/mol. The molecular weight excluding hydrogens is 354 g/mol. The van der Waals surface area contributed by atoms with Crippen molar-refractivity contribution in [2.45, 2.75) is 6.54 Å². The second-order valence-corrected chi connectivity index (χ2v) is 6.25. The third-order valence-electron chi connectivity index (χ3n) is 3.61. The number of ether oxygens (including phenoxy) is 2. The van der Waals surface area contributed by atoms with E-state index in [-0.39, 0.29) is 12.1 Å². The summed E-state index contributed by atoms with van der Waals surface area (Å²) >= 11 is 1.51. The van der Waals surface area contributed by atoms with Crippen LogP contribution in [0, 0.1) is 0 Å². The molecule has 26 heavy (non-hydrogen) atoms. The summed E-state index contributed by atoms with van der Waals surface area (Å²) in [6, 6.07) is 11.9. The minimum Gasteiger partial charge on any atom is -0.497 e. The van der Waals surface area contributed by atoms with Crippen LogP contribution in [0.1, 0.15) is 0 Å². The standard InChI is InChI=1S/C18H17N3O4S/c1-24-12-5-7-15(25-2)14(10-12)19-17(22)11-21-18(23)8-6-13(20-21)16-4-3-9-26-16/h3-10H,11H2,1-2H3,(H,19,22). The van der Waals surface area contributed by atoms with Gasteiger partial charge in [-0.2, -0.15) is 5.10 Å². The summed E-state index contributed by atoms with van der Waals surface area (Å²) in [6.45, 7) is -0.210. The van der Waals surface area contributed by atoms with Crippen molar-refractivity contribution in [2.24, 2.45) is 0 Å². The smallest absolute Gasteiger partial charge is 0.267 e. The molecule has 0 aliphatic heterocycles. The molecule has 0 spiro atoms. The van der Waals surface area contributed by atoms with Crippen molar-refractivity contribution < 1.29 is 14.3 Å². The Labute approximate surface area is 153 Å². The molecule has 1 N–H and O–H groups in total. The first-order chi connectivity index (χ1) is 12.6. The van der Waals surface area contributed by atoms with Crippen molar-refractivity contribution in [1.29, 1.82) is 0 Å². The number of hydrogen-bond acceptors (Lipinski definition) is 6. The number of methoxy groups -OCH3 is 2. The van der Waals surface area contributed by atoms with Crippen LogP contribution in [0.5, 0.6) is 11.5 Å². The number of nitrogens with zero attached hydrogens (tertiary/aromatic N) is 2. The van der Waals surface area contributed by atoms with Crippen molar-refractivity contribution in [3.8, 4) is 22.1 Å². The maximum absolute atomic E-state index is 12.4. The van der Waals surface area contributed by atoms with Gasteiger partial charge in [0.05, 0.1) is 24.8 Å². The number of carbonyl (C=O) groups excluding carboxylic acids is 1. The molecule has 0 saturated carbocycles. The van der Waals surface area contributed by atoms with Gasteiger partial charge in [0.15, 0.2) is 0 Å². The topological polar surface area (TPSA) is 82.4 Å². The highest BCUT2D eigenvalue weighted by molar-refractivity contribution is 7.13. The zero-order chi connectivity index (χ0) is 18.5. The molecule has 1 amide bonds. The van der Waals surface area contributed by atoms with E-state index in [0.29, 0.717) is 22.9 Å². The summed E-state index contributed by atoms with van der Waals surface area (Å²) in [5.74, 6) is 0.678. The van der Waals surface area contributed by atoms with E-state index >= 15 is 0 Å². The fourth-order valence-electron chi connectivity index (χ4n) is 2.36. The molecule has 0 fully saturated rings. The van der Waals surface area contributed by atoms with Crippen molar-refractivity contribution in [3.63, 3.8) is 0 Å². The van der Waals surface area contributed by atoms with Crippen LogP contribution in [0.3, 0.4) is 0 Å². The van der Waals surface area contributed by atoms with E-state index in [1.807, 2.05) is 17.5 Å². The molecule has 2 heterocycles. The van der Waals surface area contributed by atoms with Crippen LogP contribution in [0.15, 0.2) is 52.6 Å². The van der Waals surface area contributed by atoms with Crippen LogP contribution in [-0.4, -0.2) is 29.9 Å². The maximum atomic E-state index is 12.4. The number of benzene rings is 1. The van der Waals surface area contributed by atoms with Crippen LogP contribution >= 0.6 is 11.3 Å². The molecule has 0 bridgehead atoms. The lowest BCUT2D eigenvalue weighted by atomic mass is 10.2. The van der Waals surface area contributed by atoms with Gasteiger partial charge in [-0.05, 0) is 29.6 Å². The summed E-state index contributed by atoms with van der Waals surface area (Å²) in [4.78, 5) is 25.4. The van der Waals surface area contributed by atoms with Crippen LogP contribution in [0.25, 0.3) is 10.6 Å². The van der Waals surface area contributed by atoms with Crippen molar-refractivity contribution in [1.82, 2.24) is 9.78 Å². The van der Waals surface area contributed by atoms with Gasteiger partial charge in [0.2, 0.25) is 5.91 Å². The van der Waals surface area contributed by atoms with E-state index in [4.69, 9.17) is 9.47 Å². The third kappa shape index (κ3) is 3.92. The number of thiophene rings is 1. The summed E-state index contributed by atoms with van der Waals surface area (Å²) in [5.41, 5.74) is 0.753. The number of rotatable bonds is 6. The number of anilines is 1. The monoisotopic (exact) mass is 371 g/mol. The Morgan fingerprint density at radius 3 is 2.73 bits per heavy atom. The molecule has 1 aromatic carbocycles. The SMILES string of the molecule is COc1ccc(OC)c(NC(=O)Cn2nc(-c3cccs3)ccc2=O)c1. The minimum atomic E-state index is -0.394. The van der Waals surface area contributed by atoms with Crippen LogP contribution in [-0.2, 0) is 11.3 Å². The van der Waals surface area contributed by atoms with Crippen molar-refractivity contribution in [3.05, 3.63) is 58.2 Å². The highest BCUT2D eigenvalue weighted by Gasteiger charge is 2.12. The molecule has 0 unspecified atom stereocenters. The fraction of sp³-hybridized carbons (Fsp3) is 0.167. The predicted octanol–water partition coefficient (Wildman–Crippen LogP) is 2.63. The summed E-state index contributed by atoms with van der Waals surface area (Å²) in [5, 5.41) is 8.92. The highest BCUT2D eigenvalue weighted by atomic mass is 32.1. The van der Waals surface area contributed by atoms with Gasteiger partial charge in [-0.1, -0.05) is 6.07 Å². The number of amides is 1. The molecule has 0 atom stereocenters. The Hall–Kier alpha value is -3.13. The molecule has 3 rings (SSSR count). The van der Waals surface area contributed by atoms with Gasteiger partial charge in [0.25, 0.3) is 5.56 Å². The molecule has 3 aromatic rings. The summed E-state index contributed by atoms with van der Waals surface area (Å²) in [7, 11) is 3.04. The first kappa shape index (κ1) is 17.7. The van der Waals surface area contributed by atoms with Gasteiger partial charge >= 0.3 is 0 Å². The number of carbonyl (C=O) groups is 1. The van der Waals surface area contributed by atoms with E-state index in [0.717, 1.165) is 9.56 Å². The normalized spacial score (nSPS) is 10.4. The van der Waals surface area contributed by atoms with Crippen molar-refractivity contribution in [2.75, 3.05) is 19.5 Å². The zero-order valence-electron chi connectivity index (χ0n) is 14.3.